The predicted octanol–water partition coefficient (Wildman–Crippen LogP) is 3.92. The first-order chi connectivity index (χ1) is 10.4. The highest BCUT2D eigenvalue weighted by Gasteiger charge is 2.32. The summed E-state index contributed by atoms with van der Waals surface area (Å²) in [5.41, 5.74) is -0.328. The van der Waals surface area contributed by atoms with Gasteiger partial charge < -0.3 is 4.98 Å². The number of halogens is 3. The second-order valence-electron chi connectivity index (χ2n) is 4.96. The number of nitrogens with one attached hydrogen (secondary N) is 1. The van der Waals surface area contributed by atoms with Crippen molar-refractivity contribution in [2.45, 2.75) is 13.1 Å². The van der Waals surface area contributed by atoms with E-state index in [2.05, 4.69) is 9.97 Å². The molecule has 0 spiro atoms. The maximum Gasteiger partial charge on any atom is 0.416 e. The molecule has 2 aromatic carbocycles. The molecule has 22 heavy (non-hydrogen) atoms. The van der Waals surface area contributed by atoms with Crippen LogP contribution in [0.15, 0.2) is 47.3 Å². The molecule has 0 amide bonds. The molecule has 0 radical (unpaired) electrons. The summed E-state index contributed by atoms with van der Waals surface area (Å²) in [6.07, 6.45) is -4.45. The predicted molar refractivity (Wildman–Crippen MR) is 77.5 cm³/mol. The monoisotopic (exact) mass is 304 g/mol. The van der Waals surface area contributed by atoms with Gasteiger partial charge in [-0.25, -0.2) is 4.98 Å². The highest BCUT2D eigenvalue weighted by Crippen LogP contribution is 2.34. The Hall–Kier alpha value is -2.63. The zero-order valence-electron chi connectivity index (χ0n) is 11.5. The molecule has 0 atom stereocenters. The standard InChI is InChI=1S/C16H11F3N2O/c1-9-6-7-10(8-12(9)16(17,18)19)14-20-13-5-3-2-4-11(13)15(22)21-14/h2-8H,1H3,(H,20,21,22). The van der Waals surface area contributed by atoms with Crippen LogP contribution >= 0.6 is 0 Å². The molecule has 1 aromatic heterocycles. The van der Waals surface area contributed by atoms with Crippen LogP contribution in [0, 0.1) is 6.92 Å². The first-order valence-electron chi connectivity index (χ1n) is 6.53. The van der Waals surface area contributed by atoms with Crippen molar-refractivity contribution in [1.29, 1.82) is 0 Å². The summed E-state index contributed by atoms with van der Waals surface area (Å²) in [5, 5.41) is 0.398. The summed E-state index contributed by atoms with van der Waals surface area (Å²) < 4.78 is 39.0. The Kier molecular flexibility index (Phi) is 3.24. The summed E-state index contributed by atoms with van der Waals surface area (Å²) >= 11 is 0. The Morgan fingerprint density at radius 1 is 1.09 bits per heavy atom. The van der Waals surface area contributed by atoms with E-state index in [0.29, 0.717) is 10.9 Å². The minimum absolute atomic E-state index is 0.120. The number of para-hydroxylation sites is 1. The van der Waals surface area contributed by atoms with Crippen molar-refractivity contribution >= 4 is 10.9 Å². The van der Waals surface area contributed by atoms with E-state index in [-0.39, 0.29) is 22.5 Å². The maximum absolute atomic E-state index is 13.0. The lowest BCUT2D eigenvalue weighted by molar-refractivity contribution is -0.138. The molecular formula is C16H11F3N2O. The molecule has 0 fully saturated rings. The van der Waals surface area contributed by atoms with Crippen molar-refractivity contribution in [2.24, 2.45) is 0 Å². The fraction of sp³-hybridized carbons (Fsp3) is 0.125. The number of benzene rings is 2. The molecule has 1 N–H and O–H groups in total. The Morgan fingerprint density at radius 3 is 2.55 bits per heavy atom. The minimum Gasteiger partial charge on any atom is -0.306 e. The number of hydrogen-bond donors (Lipinski definition) is 1. The Balaban J connectivity index is 2.22. The van der Waals surface area contributed by atoms with Crippen LogP contribution in [0.5, 0.6) is 0 Å². The fourth-order valence-electron chi connectivity index (χ4n) is 2.30. The van der Waals surface area contributed by atoms with Gasteiger partial charge in [0.2, 0.25) is 0 Å². The van der Waals surface area contributed by atoms with Crippen molar-refractivity contribution in [2.75, 3.05) is 0 Å². The molecular weight excluding hydrogens is 293 g/mol. The van der Waals surface area contributed by atoms with E-state index in [1.54, 1.807) is 24.3 Å². The van der Waals surface area contributed by atoms with E-state index < -0.39 is 11.7 Å². The van der Waals surface area contributed by atoms with Crippen LogP contribution in [0.2, 0.25) is 0 Å². The Bertz CT molecular complexity index is 913. The third-order valence-corrected chi connectivity index (χ3v) is 3.43. The maximum atomic E-state index is 13.0. The second-order valence-corrected chi connectivity index (χ2v) is 4.96. The molecule has 0 aliphatic carbocycles. The number of aromatic nitrogens is 2. The molecule has 0 aliphatic heterocycles. The Labute approximate surface area is 123 Å². The van der Waals surface area contributed by atoms with Crippen LogP contribution in [0.1, 0.15) is 11.1 Å². The summed E-state index contributed by atoms with van der Waals surface area (Å²) in [5.74, 6) is 0.120. The van der Waals surface area contributed by atoms with E-state index in [9.17, 15) is 18.0 Å². The smallest absolute Gasteiger partial charge is 0.306 e. The lowest BCUT2D eigenvalue weighted by Gasteiger charge is -2.12. The lowest BCUT2D eigenvalue weighted by Crippen LogP contribution is -2.11. The highest BCUT2D eigenvalue weighted by atomic mass is 19.4. The number of aromatic amines is 1. The van der Waals surface area contributed by atoms with E-state index in [1.807, 2.05) is 0 Å². The number of aryl methyl sites for hydroxylation is 1. The van der Waals surface area contributed by atoms with Crippen molar-refractivity contribution in [3.63, 3.8) is 0 Å². The molecule has 1 heterocycles. The van der Waals surface area contributed by atoms with E-state index in [0.717, 1.165) is 6.07 Å². The molecule has 6 heteroatoms. The second kappa shape index (κ2) is 4.98. The van der Waals surface area contributed by atoms with Gasteiger partial charge in [0.1, 0.15) is 5.82 Å². The molecule has 0 aliphatic rings. The van der Waals surface area contributed by atoms with Crippen molar-refractivity contribution in [3.05, 3.63) is 63.9 Å². The number of hydrogen-bond acceptors (Lipinski definition) is 2. The molecule has 3 rings (SSSR count). The number of fused-ring (bicyclic) bond motifs is 1. The normalized spacial score (nSPS) is 11.8. The summed E-state index contributed by atoms with van der Waals surface area (Å²) in [7, 11) is 0. The van der Waals surface area contributed by atoms with Crippen molar-refractivity contribution in [3.8, 4) is 11.4 Å². The minimum atomic E-state index is -4.45. The lowest BCUT2D eigenvalue weighted by atomic mass is 10.0. The van der Waals surface area contributed by atoms with Gasteiger partial charge in [-0.2, -0.15) is 13.2 Å². The first kappa shape index (κ1) is 14.3. The van der Waals surface area contributed by atoms with Crippen LogP contribution < -0.4 is 5.56 Å². The highest BCUT2D eigenvalue weighted by molar-refractivity contribution is 5.79. The SMILES string of the molecule is Cc1ccc(-c2nc3ccccc3c(=O)[nH]2)cc1C(F)(F)F. The van der Waals surface area contributed by atoms with Crippen molar-refractivity contribution < 1.29 is 13.2 Å². The van der Waals surface area contributed by atoms with Crippen molar-refractivity contribution in [1.82, 2.24) is 9.97 Å². The molecule has 3 aromatic rings. The van der Waals surface area contributed by atoms with Gasteiger partial charge in [-0.1, -0.05) is 24.3 Å². The first-order valence-corrected chi connectivity index (χ1v) is 6.53. The van der Waals surface area contributed by atoms with Crippen LogP contribution in [-0.4, -0.2) is 9.97 Å². The largest absolute Gasteiger partial charge is 0.416 e. The van der Waals surface area contributed by atoms with Gasteiger partial charge in [0, 0.05) is 5.56 Å². The Morgan fingerprint density at radius 2 is 1.82 bits per heavy atom. The zero-order chi connectivity index (χ0) is 15.9. The summed E-state index contributed by atoms with van der Waals surface area (Å²) in [6.45, 7) is 1.39. The van der Waals surface area contributed by atoms with E-state index >= 15 is 0 Å². The molecule has 0 saturated heterocycles. The average Bonchev–Trinajstić information content (AvgIpc) is 2.46. The third-order valence-electron chi connectivity index (χ3n) is 3.43. The van der Waals surface area contributed by atoms with Crippen LogP contribution in [0.25, 0.3) is 22.3 Å². The van der Waals surface area contributed by atoms with Gasteiger partial charge in [0.05, 0.1) is 16.5 Å². The zero-order valence-corrected chi connectivity index (χ0v) is 11.5. The number of alkyl halides is 3. The summed E-state index contributed by atoms with van der Waals surface area (Å²) in [4.78, 5) is 18.8. The number of rotatable bonds is 1. The van der Waals surface area contributed by atoms with Gasteiger partial charge in [-0.15, -0.1) is 0 Å². The van der Waals surface area contributed by atoms with Gasteiger partial charge in [0.15, 0.2) is 0 Å². The summed E-state index contributed by atoms with van der Waals surface area (Å²) in [6, 6.07) is 10.6. The van der Waals surface area contributed by atoms with Gasteiger partial charge in [-0.05, 0) is 30.7 Å². The van der Waals surface area contributed by atoms with Gasteiger partial charge >= 0.3 is 6.18 Å². The third kappa shape index (κ3) is 2.47. The van der Waals surface area contributed by atoms with Crippen LogP contribution in [0.4, 0.5) is 13.2 Å². The quantitative estimate of drug-likeness (QED) is 0.740. The molecule has 0 bridgehead atoms. The number of H-pyrrole nitrogens is 1. The van der Waals surface area contributed by atoms with Crippen LogP contribution in [0.3, 0.4) is 0 Å². The molecule has 112 valence electrons. The van der Waals surface area contributed by atoms with Gasteiger partial charge in [0.25, 0.3) is 5.56 Å². The van der Waals surface area contributed by atoms with Crippen LogP contribution in [-0.2, 0) is 6.18 Å². The topological polar surface area (TPSA) is 45.8 Å². The average molecular weight is 304 g/mol. The van der Waals surface area contributed by atoms with Gasteiger partial charge in [-0.3, -0.25) is 4.79 Å². The van der Waals surface area contributed by atoms with E-state index in [1.165, 1.54) is 19.1 Å². The molecule has 0 unspecified atom stereocenters. The fourth-order valence-corrected chi connectivity index (χ4v) is 2.30. The number of nitrogens with zero attached hydrogens (tertiary/aromatic N) is 1. The molecule has 3 nitrogen and oxygen atoms in total. The van der Waals surface area contributed by atoms with E-state index in [4.69, 9.17) is 0 Å². The molecule has 0 saturated carbocycles.